The van der Waals surface area contributed by atoms with Crippen LogP contribution in [0.1, 0.15) is 5.56 Å². The quantitative estimate of drug-likeness (QED) is 0.596. The molecule has 0 fully saturated rings. The minimum atomic E-state index is -0.249. The van der Waals surface area contributed by atoms with Crippen LogP contribution < -0.4 is 0 Å². The monoisotopic (exact) mass is 194 g/mol. The zero-order chi connectivity index (χ0) is 9.42. The van der Waals surface area contributed by atoms with Crippen LogP contribution in [0.15, 0.2) is 30.3 Å². The lowest BCUT2D eigenvalue weighted by Gasteiger charge is -2.03. The molecule has 0 N–H and O–H groups in total. The van der Waals surface area contributed by atoms with Crippen molar-refractivity contribution in [3.8, 4) is 0 Å². The van der Waals surface area contributed by atoms with Crippen LogP contribution in [-0.2, 0) is 0 Å². The highest BCUT2D eigenvalue weighted by Crippen LogP contribution is 2.25. The maximum Gasteiger partial charge on any atom is 0.132 e. The van der Waals surface area contributed by atoms with E-state index in [4.69, 9.17) is 11.6 Å². The lowest BCUT2D eigenvalue weighted by Crippen LogP contribution is -1.83. The van der Waals surface area contributed by atoms with Gasteiger partial charge in [0.25, 0.3) is 0 Å². The molecular weight excluding hydrogens is 187 g/mol. The van der Waals surface area contributed by atoms with Crippen LogP contribution in [0.25, 0.3) is 10.8 Å². The molecule has 0 spiro atoms. The second-order valence-corrected chi connectivity index (χ2v) is 3.50. The average Bonchev–Trinajstić information content (AvgIpc) is 2.02. The van der Waals surface area contributed by atoms with Gasteiger partial charge in [-0.2, -0.15) is 0 Å². The molecule has 0 bridgehead atoms. The molecule has 2 aromatic carbocycles. The Morgan fingerprint density at radius 2 is 2.00 bits per heavy atom. The summed E-state index contributed by atoms with van der Waals surface area (Å²) >= 11 is 5.74. The summed E-state index contributed by atoms with van der Waals surface area (Å²) in [5.41, 5.74) is 0.937. The number of fused-ring (bicyclic) bond motifs is 1. The number of aryl methyl sites for hydroxylation is 1. The lowest BCUT2D eigenvalue weighted by atomic mass is 10.1. The summed E-state index contributed by atoms with van der Waals surface area (Å²) in [7, 11) is 0. The van der Waals surface area contributed by atoms with E-state index in [0.717, 1.165) is 10.9 Å². The second kappa shape index (κ2) is 3.00. The zero-order valence-corrected chi connectivity index (χ0v) is 7.90. The Morgan fingerprint density at radius 1 is 1.23 bits per heavy atom. The van der Waals surface area contributed by atoms with Gasteiger partial charge in [-0.05, 0) is 30.0 Å². The van der Waals surface area contributed by atoms with Gasteiger partial charge in [-0.3, -0.25) is 0 Å². The molecule has 13 heavy (non-hydrogen) atoms. The first-order valence-corrected chi connectivity index (χ1v) is 4.40. The molecule has 0 saturated heterocycles. The highest BCUT2D eigenvalue weighted by atomic mass is 35.5. The molecule has 0 heterocycles. The molecule has 0 aliphatic carbocycles. The van der Waals surface area contributed by atoms with E-state index in [0.29, 0.717) is 10.4 Å². The number of benzene rings is 2. The third-order valence-electron chi connectivity index (χ3n) is 2.10. The van der Waals surface area contributed by atoms with E-state index >= 15 is 0 Å². The zero-order valence-electron chi connectivity index (χ0n) is 7.14. The van der Waals surface area contributed by atoms with Crippen molar-refractivity contribution in [1.82, 2.24) is 0 Å². The normalized spacial score (nSPS) is 10.7. The summed E-state index contributed by atoms with van der Waals surface area (Å²) in [6.45, 7) is 1.89. The van der Waals surface area contributed by atoms with Gasteiger partial charge in [0.15, 0.2) is 0 Å². The topological polar surface area (TPSA) is 0 Å². The predicted molar refractivity (Wildman–Crippen MR) is 53.7 cm³/mol. The molecule has 0 radical (unpaired) electrons. The molecule has 66 valence electrons. The van der Waals surface area contributed by atoms with E-state index in [1.807, 2.05) is 25.1 Å². The first-order valence-electron chi connectivity index (χ1n) is 4.03. The number of halogens is 2. The molecule has 2 aromatic rings. The maximum atomic E-state index is 13.4. The van der Waals surface area contributed by atoms with E-state index in [1.165, 1.54) is 6.07 Å². The Balaban J connectivity index is 2.94. The minimum Gasteiger partial charge on any atom is -0.206 e. The first-order chi connectivity index (χ1) is 6.18. The summed E-state index contributed by atoms with van der Waals surface area (Å²) in [6.07, 6.45) is 0. The lowest BCUT2D eigenvalue weighted by molar-refractivity contribution is 0.639. The molecule has 0 atom stereocenters. The van der Waals surface area contributed by atoms with Gasteiger partial charge in [0, 0.05) is 10.4 Å². The number of hydrogen-bond donors (Lipinski definition) is 0. The van der Waals surface area contributed by atoms with Crippen molar-refractivity contribution in [2.75, 3.05) is 0 Å². The van der Waals surface area contributed by atoms with Gasteiger partial charge in [0.2, 0.25) is 0 Å². The Labute approximate surface area is 80.9 Å². The molecule has 0 aliphatic rings. The highest BCUT2D eigenvalue weighted by molar-refractivity contribution is 6.31. The maximum absolute atomic E-state index is 13.4. The van der Waals surface area contributed by atoms with E-state index in [2.05, 4.69) is 0 Å². The Morgan fingerprint density at radius 3 is 2.77 bits per heavy atom. The SMILES string of the molecule is Cc1cccc2cc(Cl)cc(F)c12. The Hall–Kier alpha value is -1.08. The molecule has 0 saturated carbocycles. The fraction of sp³-hybridized carbons (Fsp3) is 0.0909. The van der Waals surface area contributed by atoms with Crippen LogP contribution in [0.5, 0.6) is 0 Å². The van der Waals surface area contributed by atoms with Crippen LogP contribution >= 0.6 is 11.6 Å². The standard InChI is InChI=1S/C11H8ClF/c1-7-3-2-4-8-5-9(12)6-10(13)11(7)8/h2-6H,1H3. The fourth-order valence-electron chi connectivity index (χ4n) is 1.52. The van der Waals surface area contributed by atoms with Gasteiger partial charge in [-0.25, -0.2) is 4.39 Å². The summed E-state index contributed by atoms with van der Waals surface area (Å²) in [5.74, 6) is -0.249. The van der Waals surface area contributed by atoms with Gasteiger partial charge < -0.3 is 0 Å². The summed E-state index contributed by atoms with van der Waals surface area (Å²) in [5, 5.41) is 1.95. The minimum absolute atomic E-state index is 0.249. The van der Waals surface area contributed by atoms with Gasteiger partial charge >= 0.3 is 0 Å². The molecule has 0 unspecified atom stereocenters. The Kier molecular flexibility index (Phi) is 1.97. The van der Waals surface area contributed by atoms with Gasteiger partial charge in [0.1, 0.15) is 5.82 Å². The van der Waals surface area contributed by atoms with Gasteiger partial charge in [0.05, 0.1) is 0 Å². The van der Waals surface area contributed by atoms with E-state index in [9.17, 15) is 4.39 Å². The molecule has 0 aromatic heterocycles. The third kappa shape index (κ3) is 1.40. The van der Waals surface area contributed by atoms with E-state index in [-0.39, 0.29) is 5.82 Å². The van der Waals surface area contributed by atoms with Crippen LogP contribution in [0.3, 0.4) is 0 Å². The van der Waals surface area contributed by atoms with Crippen molar-refractivity contribution in [3.05, 3.63) is 46.7 Å². The van der Waals surface area contributed by atoms with E-state index < -0.39 is 0 Å². The summed E-state index contributed by atoms with van der Waals surface area (Å²) < 4.78 is 13.4. The first kappa shape index (κ1) is 8.52. The average molecular weight is 195 g/mol. The Bertz CT molecular complexity index is 463. The van der Waals surface area contributed by atoms with Crippen LogP contribution in [0.4, 0.5) is 4.39 Å². The van der Waals surface area contributed by atoms with Gasteiger partial charge in [-0.15, -0.1) is 0 Å². The molecule has 0 aliphatic heterocycles. The smallest absolute Gasteiger partial charge is 0.132 e. The highest BCUT2D eigenvalue weighted by Gasteiger charge is 2.04. The van der Waals surface area contributed by atoms with Crippen molar-refractivity contribution in [1.29, 1.82) is 0 Å². The fourth-order valence-corrected chi connectivity index (χ4v) is 1.73. The largest absolute Gasteiger partial charge is 0.206 e. The van der Waals surface area contributed by atoms with Crippen molar-refractivity contribution in [2.24, 2.45) is 0 Å². The predicted octanol–water partition coefficient (Wildman–Crippen LogP) is 3.94. The van der Waals surface area contributed by atoms with Crippen LogP contribution in [0.2, 0.25) is 5.02 Å². The van der Waals surface area contributed by atoms with Crippen LogP contribution in [-0.4, -0.2) is 0 Å². The van der Waals surface area contributed by atoms with E-state index in [1.54, 1.807) is 6.07 Å². The number of rotatable bonds is 0. The van der Waals surface area contributed by atoms with Gasteiger partial charge in [-0.1, -0.05) is 29.8 Å². The van der Waals surface area contributed by atoms with Crippen molar-refractivity contribution >= 4 is 22.4 Å². The summed E-state index contributed by atoms with van der Waals surface area (Å²) in [6, 6.07) is 8.76. The molecular formula is C11H8ClF. The molecule has 2 heteroatoms. The second-order valence-electron chi connectivity index (χ2n) is 3.06. The van der Waals surface area contributed by atoms with Crippen molar-refractivity contribution in [2.45, 2.75) is 6.92 Å². The molecule has 0 nitrogen and oxygen atoms in total. The number of hydrogen-bond acceptors (Lipinski definition) is 0. The molecule has 2 rings (SSSR count). The third-order valence-corrected chi connectivity index (χ3v) is 2.32. The molecule has 0 amide bonds. The summed E-state index contributed by atoms with van der Waals surface area (Å²) in [4.78, 5) is 0. The van der Waals surface area contributed by atoms with Crippen LogP contribution in [0, 0.1) is 12.7 Å². The van der Waals surface area contributed by atoms with Crippen molar-refractivity contribution < 1.29 is 4.39 Å². The van der Waals surface area contributed by atoms with Crippen molar-refractivity contribution in [3.63, 3.8) is 0 Å².